The molecule has 0 aromatic rings. The van der Waals surface area contributed by atoms with Gasteiger partial charge in [-0.1, -0.05) is 6.92 Å². The van der Waals surface area contributed by atoms with E-state index in [2.05, 4.69) is 10.6 Å². The van der Waals surface area contributed by atoms with Crippen molar-refractivity contribution in [3.05, 3.63) is 0 Å². The Hall–Kier alpha value is -0.750. The molecule has 0 saturated heterocycles. The number of amides is 1. The fourth-order valence-electron chi connectivity index (χ4n) is 1.25. The molecular formula is C10H20N2O3S. The van der Waals surface area contributed by atoms with Crippen LogP contribution < -0.4 is 10.6 Å². The van der Waals surface area contributed by atoms with E-state index in [4.69, 9.17) is 5.11 Å². The smallest absolute Gasteiger partial charge is 0.327 e. The summed E-state index contributed by atoms with van der Waals surface area (Å²) in [5.74, 6) is -0.406. The highest BCUT2D eigenvalue weighted by atomic mass is 32.2. The zero-order valence-corrected chi connectivity index (χ0v) is 10.8. The molecule has 5 nitrogen and oxygen atoms in total. The lowest BCUT2D eigenvalue weighted by Crippen LogP contribution is -2.49. The number of hydrogen-bond acceptors (Lipinski definition) is 4. The average molecular weight is 248 g/mol. The van der Waals surface area contributed by atoms with E-state index in [-0.39, 0.29) is 18.5 Å². The number of carboxylic acids is 1. The summed E-state index contributed by atoms with van der Waals surface area (Å²) >= 11 is 1.71. The summed E-state index contributed by atoms with van der Waals surface area (Å²) in [5.41, 5.74) is 0. The molecule has 0 spiro atoms. The second-order valence-corrected chi connectivity index (χ2v) is 4.47. The first-order valence-electron chi connectivity index (χ1n) is 5.23. The molecule has 16 heavy (non-hydrogen) atoms. The van der Waals surface area contributed by atoms with Crippen LogP contribution in [0.15, 0.2) is 0 Å². The first kappa shape index (κ1) is 15.2. The lowest BCUT2D eigenvalue weighted by molar-refractivity contribution is -0.141. The Morgan fingerprint density at radius 3 is 2.44 bits per heavy atom. The Balaban J connectivity index is 4.09. The number of aliphatic carboxylic acids is 1. The molecule has 0 aliphatic heterocycles. The van der Waals surface area contributed by atoms with E-state index in [1.165, 1.54) is 6.92 Å². The van der Waals surface area contributed by atoms with Crippen LogP contribution in [0.4, 0.5) is 0 Å². The minimum atomic E-state index is -1.01. The van der Waals surface area contributed by atoms with Crippen molar-refractivity contribution in [2.75, 3.05) is 18.6 Å². The molecule has 1 amide bonds. The van der Waals surface area contributed by atoms with Gasteiger partial charge in [0.25, 0.3) is 0 Å². The van der Waals surface area contributed by atoms with Crippen LogP contribution in [-0.4, -0.2) is 47.6 Å². The number of nitrogens with one attached hydrogen (secondary N) is 2. The van der Waals surface area contributed by atoms with Gasteiger partial charge in [0, 0.05) is 25.3 Å². The fraction of sp³-hybridized carbons (Fsp3) is 0.800. The molecule has 0 aromatic carbocycles. The van der Waals surface area contributed by atoms with Gasteiger partial charge >= 0.3 is 5.97 Å². The van der Waals surface area contributed by atoms with E-state index in [9.17, 15) is 9.59 Å². The maximum atomic E-state index is 10.8. The molecule has 0 aliphatic rings. The van der Waals surface area contributed by atoms with Gasteiger partial charge in [0.05, 0.1) is 0 Å². The predicted molar refractivity (Wildman–Crippen MR) is 65.7 cm³/mol. The van der Waals surface area contributed by atoms with Crippen LogP contribution in [0, 0.1) is 0 Å². The molecule has 2 atom stereocenters. The van der Waals surface area contributed by atoms with Crippen molar-refractivity contribution in [3.8, 4) is 0 Å². The van der Waals surface area contributed by atoms with Gasteiger partial charge in [-0.05, 0) is 12.7 Å². The summed E-state index contributed by atoms with van der Waals surface area (Å²) < 4.78 is 0. The lowest BCUT2D eigenvalue weighted by atomic mass is 10.2. The van der Waals surface area contributed by atoms with Gasteiger partial charge in [-0.3, -0.25) is 4.79 Å². The largest absolute Gasteiger partial charge is 0.480 e. The number of hydrogen-bond donors (Lipinski definition) is 3. The van der Waals surface area contributed by atoms with Crippen molar-refractivity contribution in [1.82, 2.24) is 10.6 Å². The van der Waals surface area contributed by atoms with Gasteiger partial charge in [-0.2, -0.15) is 11.8 Å². The summed E-state index contributed by atoms with van der Waals surface area (Å²) in [7, 11) is 0. The average Bonchev–Trinajstić information content (AvgIpc) is 2.21. The number of carbonyl (C=O) groups is 2. The van der Waals surface area contributed by atoms with Crippen molar-refractivity contribution in [2.24, 2.45) is 0 Å². The molecule has 6 heteroatoms. The van der Waals surface area contributed by atoms with E-state index in [0.717, 1.165) is 12.2 Å². The quantitative estimate of drug-likeness (QED) is 0.576. The van der Waals surface area contributed by atoms with Crippen molar-refractivity contribution >= 4 is 23.6 Å². The maximum Gasteiger partial charge on any atom is 0.327 e. The first-order chi connectivity index (χ1) is 7.51. The summed E-state index contributed by atoms with van der Waals surface area (Å²) in [6, 6.07) is -0.570. The van der Waals surface area contributed by atoms with Crippen molar-refractivity contribution in [1.29, 1.82) is 0 Å². The lowest BCUT2D eigenvalue weighted by Gasteiger charge is -2.19. The summed E-state index contributed by atoms with van der Waals surface area (Å²) in [4.78, 5) is 21.6. The first-order valence-corrected chi connectivity index (χ1v) is 6.62. The van der Waals surface area contributed by atoms with E-state index in [1.807, 2.05) is 13.2 Å². The topological polar surface area (TPSA) is 78.4 Å². The molecule has 0 radical (unpaired) electrons. The molecule has 0 aliphatic carbocycles. The van der Waals surface area contributed by atoms with Crippen LogP contribution in [0.2, 0.25) is 0 Å². The molecule has 0 heterocycles. The second-order valence-electron chi connectivity index (χ2n) is 3.56. The van der Waals surface area contributed by atoms with E-state index >= 15 is 0 Å². The summed E-state index contributed by atoms with van der Waals surface area (Å²) in [5, 5.41) is 14.4. The third kappa shape index (κ3) is 6.68. The van der Waals surface area contributed by atoms with Gasteiger partial charge in [0.1, 0.15) is 6.04 Å². The summed E-state index contributed by atoms with van der Waals surface area (Å²) in [6.07, 6.45) is 2.94. The monoisotopic (exact) mass is 248 g/mol. The SMILES string of the molecule is CCC(CSC)NCC(NC(C)=O)C(=O)O. The standard InChI is InChI=1S/C10H20N2O3S/c1-4-8(6-16-3)11-5-9(10(14)15)12-7(2)13/h8-9,11H,4-6H2,1-3H3,(H,12,13)(H,14,15). The Bertz CT molecular complexity index is 236. The zero-order valence-electron chi connectivity index (χ0n) is 9.95. The molecule has 0 aromatic heterocycles. The Morgan fingerprint density at radius 1 is 1.44 bits per heavy atom. The van der Waals surface area contributed by atoms with Crippen LogP contribution in [0.5, 0.6) is 0 Å². The highest BCUT2D eigenvalue weighted by molar-refractivity contribution is 7.98. The minimum Gasteiger partial charge on any atom is -0.480 e. The predicted octanol–water partition coefficient (Wildman–Crippen LogP) is 0.307. The highest BCUT2D eigenvalue weighted by Crippen LogP contribution is 2.00. The van der Waals surface area contributed by atoms with Crippen LogP contribution in [-0.2, 0) is 9.59 Å². The minimum absolute atomic E-state index is 0.258. The Labute approximate surface area is 100 Å². The van der Waals surface area contributed by atoms with Crippen LogP contribution >= 0.6 is 11.8 Å². The number of carbonyl (C=O) groups excluding carboxylic acids is 1. The van der Waals surface area contributed by atoms with Crippen molar-refractivity contribution in [3.63, 3.8) is 0 Å². The maximum absolute atomic E-state index is 10.8. The molecule has 0 bridgehead atoms. The molecule has 94 valence electrons. The third-order valence-corrected chi connectivity index (χ3v) is 2.88. The van der Waals surface area contributed by atoms with Gasteiger partial charge < -0.3 is 15.7 Å². The highest BCUT2D eigenvalue weighted by Gasteiger charge is 2.19. The van der Waals surface area contributed by atoms with Gasteiger partial charge in [-0.25, -0.2) is 4.79 Å². The van der Waals surface area contributed by atoms with Crippen LogP contribution in [0.1, 0.15) is 20.3 Å². The van der Waals surface area contributed by atoms with Gasteiger partial charge in [0.15, 0.2) is 0 Å². The Kier molecular flexibility index (Phi) is 8.01. The van der Waals surface area contributed by atoms with E-state index < -0.39 is 12.0 Å². The molecule has 0 saturated carbocycles. The van der Waals surface area contributed by atoms with Crippen LogP contribution in [0.25, 0.3) is 0 Å². The number of thioether (sulfide) groups is 1. The molecule has 0 rings (SSSR count). The van der Waals surface area contributed by atoms with Crippen molar-refractivity contribution in [2.45, 2.75) is 32.4 Å². The van der Waals surface area contributed by atoms with Gasteiger partial charge in [-0.15, -0.1) is 0 Å². The molecule has 3 N–H and O–H groups in total. The normalized spacial score (nSPS) is 14.2. The fourth-order valence-corrected chi connectivity index (χ4v) is 2.01. The van der Waals surface area contributed by atoms with Crippen LogP contribution in [0.3, 0.4) is 0 Å². The van der Waals surface area contributed by atoms with Gasteiger partial charge in [0.2, 0.25) is 5.91 Å². The van der Waals surface area contributed by atoms with E-state index in [0.29, 0.717) is 0 Å². The zero-order chi connectivity index (χ0) is 12.6. The summed E-state index contributed by atoms with van der Waals surface area (Å²) in [6.45, 7) is 3.62. The molecular weight excluding hydrogens is 228 g/mol. The van der Waals surface area contributed by atoms with Crippen molar-refractivity contribution < 1.29 is 14.7 Å². The second kappa shape index (κ2) is 8.41. The number of carboxylic acid groups (broad SMARTS) is 1. The van der Waals surface area contributed by atoms with E-state index in [1.54, 1.807) is 11.8 Å². The molecule has 0 fully saturated rings. The number of rotatable bonds is 8. The Morgan fingerprint density at radius 2 is 2.06 bits per heavy atom. The third-order valence-electron chi connectivity index (χ3n) is 2.15. The molecule has 2 unspecified atom stereocenters.